The van der Waals surface area contributed by atoms with Gasteiger partial charge in [-0.3, -0.25) is 4.79 Å². The van der Waals surface area contributed by atoms with Gasteiger partial charge in [0.1, 0.15) is 5.75 Å². The van der Waals surface area contributed by atoms with Crippen LogP contribution in [0.3, 0.4) is 0 Å². The maximum atomic E-state index is 12.3. The number of aromatic carboxylic acids is 1. The van der Waals surface area contributed by atoms with E-state index >= 15 is 0 Å². The molecule has 154 valence electrons. The van der Waals surface area contributed by atoms with E-state index in [0.717, 1.165) is 49.9 Å². The molecule has 2 aliphatic rings. The maximum Gasteiger partial charge on any atom is 0.345 e. The Kier molecular flexibility index (Phi) is 5.08. The average molecular weight is 397 g/mol. The fourth-order valence-corrected chi connectivity index (χ4v) is 4.62. The van der Waals surface area contributed by atoms with Crippen LogP contribution in [0.1, 0.15) is 40.7 Å². The van der Waals surface area contributed by atoms with E-state index in [4.69, 9.17) is 0 Å². The van der Waals surface area contributed by atoms with Crippen LogP contribution in [0.4, 0.5) is 5.69 Å². The van der Waals surface area contributed by atoms with Crippen molar-refractivity contribution in [1.29, 1.82) is 0 Å². The van der Waals surface area contributed by atoms with Crippen molar-refractivity contribution in [2.45, 2.75) is 38.1 Å². The van der Waals surface area contributed by atoms with Crippen LogP contribution in [-0.4, -0.2) is 59.3 Å². The zero-order valence-electron chi connectivity index (χ0n) is 16.9. The highest BCUT2D eigenvalue weighted by Gasteiger charge is 2.26. The Balaban J connectivity index is 1.70. The number of carboxylic acids is 1. The molecule has 1 saturated heterocycles. The summed E-state index contributed by atoms with van der Waals surface area (Å²) in [6, 6.07) is 6.85. The van der Waals surface area contributed by atoms with Gasteiger partial charge in [-0.05, 0) is 63.9 Å². The molecule has 29 heavy (non-hydrogen) atoms. The number of hydrogen-bond donors (Lipinski definition) is 3. The number of piperidine rings is 1. The van der Waals surface area contributed by atoms with Gasteiger partial charge in [0.25, 0.3) is 5.56 Å². The van der Waals surface area contributed by atoms with E-state index in [1.807, 2.05) is 6.07 Å². The van der Waals surface area contributed by atoms with Crippen molar-refractivity contribution in [2.75, 3.05) is 32.1 Å². The highest BCUT2D eigenvalue weighted by Crippen LogP contribution is 2.37. The van der Waals surface area contributed by atoms with Gasteiger partial charge in [-0.25, -0.2) is 4.79 Å². The van der Waals surface area contributed by atoms with Crippen molar-refractivity contribution in [2.24, 2.45) is 0 Å². The topological polar surface area (TPSA) is 96.9 Å². The summed E-state index contributed by atoms with van der Waals surface area (Å²) in [5.41, 5.74) is 2.88. The van der Waals surface area contributed by atoms with Crippen LogP contribution in [0.25, 0.3) is 11.3 Å². The van der Waals surface area contributed by atoms with Gasteiger partial charge >= 0.3 is 5.97 Å². The van der Waals surface area contributed by atoms with E-state index in [0.29, 0.717) is 23.7 Å². The van der Waals surface area contributed by atoms with E-state index in [2.05, 4.69) is 41.0 Å². The van der Waals surface area contributed by atoms with Crippen LogP contribution < -0.4 is 10.5 Å². The van der Waals surface area contributed by atoms with E-state index < -0.39 is 22.8 Å². The number of hydrogen-bond acceptors (Lipinski definition) is 5. The van der Waals surface area contributed by atoms with Gasteiger partial charge in [-0.15, -0.1) is 0 Å². The van der Waals surface area contributed by atoms with E-state index in [1.165, 1.54) is 5.69 Å². The average Bonchev–Trinajstić information content (AvgIpc) is 2.87. The molecule has 2 aromatic rings. The molecule has 4 rings (SSSR count). The first-order valence-corrected chi connectivity index (χ1v) is 10.1. The van der Waals surface area contributed by atoms with E-state index in [-0.39, 0.29) is 0 Å². The Morgan fingerprint density at radius 3 is 2.59 bits per heavy atom. The second-order valence-electron chi connectivity index (χ2n) is 8.21. The molecule has 2 heterocycles. The van der Waals surface area contributed by atoms with Gasteiger partial charge in [0.2, 0.25) is 0 Å². The Bertz CT molecular complexity index is 1000. The summed E-state index contributed by atoms with van der Waals surface area (Å²) in [7, 11) is 4.26. The molecule has 0 saturated carbocycles. The van der Waals surface area contributed by atoms with Crippen LogP contribution in [0.15, 0.2) is 23.0 Å². The summed E-state index contributed by atoms with van der Waals surface area (Å²) >= 11 is 0. The van der Waals surface area contributed by atoms with Crippen molar-refractivity contribution in [3.63, 3.8) is 0 Å². The van der Waals surface area contributed by atoms with Gasteiger partial charge in [0, 0.05) is 35.9 Å². The smallest absolute Gasteiger partial charge is 0.345 e. The predicted molar refractivity (Wildman–Crippen MR) is 112 cm³/mol. The number of fused-ring (bicyclic) bond motifs is 3. The first-order chi connectivity index (χ1) is 13.9. The zero-order valence-corrected chi connectivity index (χ0v) is 16.9. The normalized spacial score (nSPS) is 17.0. The summed E-state index contributed by atoms with van der Waals surface area (Å²) in [5.74, 6) is -1.81. The fraction of sp³-hybridized carbons (Fsp3) is 0.455. The van der Waals surface area contributed by atoms with Crippen LogP contribution in [0, 0.1) is 0 Å². The third-order valence-corrected chi connectivity index (χ3v) is 6.29. The first kappa shape index (κ1) is 19.5. The standard InChI is InChI=1S/C22H27N3O4/c1-24(2)14-8-10-25(11-9-14)15-6-7-16-13(12-15)4-3-5-17-19(16)23-21(27)18(20(17)26)22(28)29/h6-7,12,14H,3-5,8-11H2,1-2H3,(H,28,29)(H2,23,26,27). The molecule has 1 aliphatic heterocycles. The quantitative estimate of drug-likeness (QED) is 0.736. The summed E-state index contributed by atoms with van der Waals surface area (Å²) in [5, 5.41) is 19.7. The van der Waals surface area contributed by atoms with E-state index in [9.17, 15) is 19.8 Å². The molecule has 7 heteroatoms. The number of pyridine rings is 1. The SMILES string of the molecule is CN(C)C1CCN(c2ccc3c(c2)CCCc2c-3[nH]c(=O)c(C(=O)O)c2O)CC1. The number of anilines is 1. The molecular weight excluding hydrogens is 370 g/mol. The van der Waals surface area contributed by atoms with Crippen molar-refractivity contribution >= 4 is 11.7 Å². The molecule has 7 nitrogen and oxygen atoms in total. The number of H-pyrrole nitrogens is 1. The van der Waals surface area contributed by atoms with Gasteiger partial charge < -0.3 is 25.0 Å². The van der Waals surface area contributed by atoms with Crippen LogP contribution in [0.5, 0.6) is 5.75 Å². The van der Waals surface area contributed by atoms with Gasteiger partial charge in [-0.2, -0.15) is 0 Å². The molecular formula is C22H27N3O4. The molecule has 0 bridgehead atoms. The Morgan fingerprint density at radius 1 is 1.21 bits per heavy atom. The Morgan fingerprint density at radius 2 is 1.93 bits per heavy atom. The molecule has 1 fully saturated rings. The third kappa shape index (κ3) is 3.51. The lowest BCUT2D eigenvalue weighted by Crippen LogP contribution is -2.42. The summed E-state index contributed by atoms with van der Waals surface area (Å²) in [6.07, 6.45) is 4.38. The van der Waals surface area contributed by atoms with E-state index in [1.54, 1.807) is 0 Å². The van der Waals surface area contributed by atoms with Crippen LogP contribution >= 0.6 is 0 Å². The number of aryl methyl sites for hydroxylation is 1. The predicted octanol–water partition coefficient (Wildman–Crippen LogP) is 2.46. The van der Waals surface area contributed by atoms with Crippen molar-refractivity contribution in [3.05, 3.63) is 45.2 Å². The molecule has 1 aliphatic carbocycles. The number of carbonyl (C=O) groups is 1. The molecule has 0 spiro atoms. The van der Waals surface area contributed by atoms with Crippen molar-refractivity contribution < 1.29 is 15.0 Å². The second kappa shape index (κ2) is 7.55. The molecule has 0 unspecified atom stereocenters. The van der Waals surface area contributed by atoms with Gasteiger partial charge in [0.15, 0.2) is 5.56 Å². The molecule has 0 atom stereocenters. The number of benzene rings is 1. The zero-order chi connectivity index (χ0) is 20.7. The number of aromatic amines is 1. The number of rotatable bonds is 3. The highest BCUT2D eigenvalue weighted by atomic mass is 16.4. The van der Waals surface area contributed by atoms with Crippen LogP contribution in [0.2, 0.25) is 0 Å². The van der Waals surface area contributed by atoms with Crippen molar-refractivity contribution in [1.82, 2.24) is 9.88 Å². The minimum absolute atomic E-state index is 0.404. The molecule has 0 amide bonds. The highest BCUT2D eigenvalue weighted by molar-refractivity contribution is 5.92. The maximum absolute atomic E-state index is 12.3. The lowest BCUT2D eigenvalue weighted by Gasteiger charge is -2.36. The minimum Gasteiger partial charge on any atom is -0.506 e. The summed E-state index contributed by atoms with van der Waals surface area (Å²) in [6.45, 7) is 2.02. The molecule has 1 aromatic heterocycles. The summed E-state index contributed by atoms with van der Waals surface area (Å²) < 4.78 is 0. The monoisotopic (exact) mass is 397 g/mol. The third-order valence-electron chi connectivity index (χ3n) is 6.29. The fourth-order valence-electron chi connectivity index (χ4n) is 4.62. The number of nitrogens with zero attached hydrogens (tertiary/aromatic N) is 2. The number of nitrogens with one attached hydrogen (secondary N) is 1. The van der Waals surface area contributed by atoms with Crippen molar-refractivity contribution in [3.8, 4) is 17.0 Å². The largest absolute Gasteiger partial charge is 0.506 e. The molecule has 3 N–H and O–H groups in total. The second-order valence-corrected chi connectivity index (χ2v) is 8.21. The first-order valence-electron chi connectivity index (χ1n) is 10.1. The molecule has 0 radical (unpaired) electrons. The summed E-state index contributed by atoms with van der Waals surface area (Å²) in [4.78, 5) is 31.0. The number of aromatic nitrogens is 1. The lowest BCUT2D eigenvalue weighted by molar-refractivity contribution is 0.0691. The minimum atomic E-state index is -1.41. The lowest BCUT2D eigenvalue weighted by atomic mass is 9.98. The Labute approximate surface area is 169 Å². The molecule has 1 aromatic carbocycles. The number of aromatic hydroxyl groups is 1. The van der Waals surface area contributed by atoms with Gasteiger partial charge in [0.05, 0.1) is 5.69 Å². The Hall–Kier alpha value is -2.80. The van der Waals surface area contributed by atoms with Crippen LogP contribution in [-0.2, 0) is 12.8 Å². The number of carboxylic acid groups (broad SMARTS) is 1. The van der Waals surface area contributed by atoms with Gasteiger partial charge in [-0.1, -0.05) is 6.07 Å².